The van der Waals surface area contributed by atoms with Gasteiger partial charge >= 0.3 is 0 Å². The highest BCUT2D eigenvalue weighted by molar-refractivity contribution is 8.00. The van der Waals surface area contributed by atoms with E-state index in [0.29, 0.717) is 5.69 Å². The number of thioether (sulfide) groups is 1. The van der Waals surface area contributed by atoms with Crippen LogP contribution in [-0.4, -0.2) is 23.8 Å². The SMILES string of the molecule is COc1ccc(N)c(SC(C)C(=O)NC(C)(C)C)c1. The molecule has 0 aliphatic heterocycles. The number of benzene rings is 1. The second kappa shape index (κ2) is 6.19. The van der Waals surface area contributed by atoms with Gasteiger partial charge in [0.05, 0.1) is 12.4 Å². The van der Waals surface area contributed by atoms with Gasteiger partial charge in [-0.2, -0.15) is 0 Å². The minimum atomic E-state index is -0.230. The lowest BCUT2D eigenvalue weighted by Gasteiger charge is -2.23. The molecule has 1 aromatic carbocycles. The topological polar surface area (TPSA) is 64.3 Å². The first-order chi connectivity index (χ1) is 8.73. The average molecular weight is 282 g/mol. The predicted octanol–water partition coefficient (Wildman–Crippen LogP) is 2.67. The van der Waals surface area contributed by atoms with E-state index in [4.69, 9.17) is 10.5 Å². The summed E-state index contributed by atoms with van der Waals surface area (Å²) in [6, 6.07) is 5.44. The molecule has 0 radical (unpaired) electrons. The summed E-state index contributed by atoms with van der Waals surface area (Å²) in [7, 11) is 1.61. The zero-order valence-electron chi connectivity index (χ0n) is 12.1. The number of hydrogen-bond donors (Lipinski definition) is 2. The van der Waals surface area contributed by atoms with Gasteiger partial charge in [-0.15, -0.1) is 11.8 Å². The maximum Gasteiger partial charge on any atom is 0.233 e. The molecule has 1 rings (SSSR count). The Morgan fingerprint density at radius 2 is 2.05 bits per heavy atom. The Balaban J connectivity index is 2.76. The molecule has 1 atom stereocenters. The fraction of sp³-hybridized carbons (Fsp3) is 0.500. The number of hydrogen-bond acceptors (Lipinski definition) is 4. The van der Waals surface area contributed by atoms with Crippen molar-refractivity contribution in [1.29, 1.82) is 0 Å². The highest BCUT2D eigenvalue weighted by Crippen LogP contribution is 2.32. The highest BCUT2D eigenvalue weighted by atomic mass is 32.2. The number of amides is 1. The first-order valence-corrected chi connectivity index (χ1v) is 7.03. The zero-order valence-corrected chi connectivity index (χ0v) is 12.9. The zero-order chi connectivity index (χ0) is 14.6. The second-order valence-corrected chi connectivity index (χ2v) is 6.79. The van der Waals surface area contributed by atoms with Crippen molar-refractivity contribution in [2.75, 3.05) is 12.8 Å². The summed E-state index contributed by atoms with van der Waals surface area (Å²) in [5.74, 6) is 0.736. The molecule has 0 saturated heterocycles. The van der Waals surface area contributed by atoms with Gasteiger partial charge in [0.25, 0.3) is 0 Å². The lowest BCUT2D eigenvalue weighted by Crippen LogP contribution is -2.44. The number of carbonyl (C=O) groups is 1. The Hall–Kier alpha value is -1.36. The van der Waals surface area contributed by atoms with Crippen LogP contribution >= 0.6 is 11.8 Å². The molecule has 1 unspecified atom stereocenters. The largest absolute Gasteiger partial charge is 0.497 e. The molecule has 5 heteroatoms. The minimum Gasteiger partial charge on any atom is -0.497 e. The fourth-order valence-electron chi connectivity index (χ4n) is 1.46. The molecule has 0 aliphatic rings. The summed E-state index contributed by atoms with van der Waals surface area (Å²) in [5.41, 5.74) is 6.34. The normalized spacial score (nSPS) is 12.9. The summed E-state index contributed by atoms with van der Waals surface area (Å²) < 4.78 is 5.16. The minimum absolute atomic E-state index is 0.000259. The summed E-state index contributed by atoms with van der Waals surface area (Å²) >= 11 is 1.43. The van der Waals surface area contributed by atoms with Gasteiger partial charge in [0.15, 0.2) is 0 Å². The molecular weight excluding hydrogens is 260 g/mol. The molecule has 1 amide bonds. The van der Waals surface area contributed by atoms with E-state index in [2.05, 4.69) is 5.32 Å². The van der Waals surface area contributed by atoms with Crippen molar-refractivity contribution < 1.29 is 9.53 Å². The van der Waals surface area contributed by atoms with Crippen LogP contribution < -0.4 is 15.8 Å². The molecule has 4 nitrogen and oxygen atoms in total. The molecule has 0 fully saturated rings. The van der Waals surface area contributed by atoms with Crippen LogP contribution in [-0.2, 0) is 4.79 Å². The Morgan fingerprint density at radius 3 is 2.58 bits per heavy atom. The third-order valence-corrected chi connectivity index (χ3v) is 3.57. The highest BCUT2D eigenvalue weighted by Gasteiger charge is 2.20. The van der Waals surface area contributed by atoms with Gasteiger partial charge in [-0.25, -0.2) is 0 Å². The first kappa shape index (κ1) is 15.7. The fourth-order valence-corrected chi connectivity index (χ4v) is 2.39. The van der Waals surface area contributed by atoms with Gasteiger partial charge in [0.2, 0.25) is 5.91 Å². The van der Waals surface area contributed by atoms with Crippen molar-refractivity contribution in [3.63, 3.8) is 0 Å². The van der Waals surface area contributed by atoms with Gasteiger partial charge < -0.3 is 15.8 Å². The summed E-state index contributed by atoms with van der Waals surface area (Å²) in [4.78, 5) is 12.9. The van der Waals surface area contributed by atoms with Gasteiger partial charge in [-0.3, -0.25) is 4.79 Å². The molecule has 3 N–H and O–H groups in total. The number of nitrogens with one attached hydrogen (secondary N) is 1. The number of nitrogens with two attached hydrogens (primary N) is 1. The molecule has 0 aliphatic carbocycles. The second-order valence-electron chi connectivity index (χ2n) is 5.40. The molecular formula is C14H22N2O2S. The van der Waals surface area contributed by atoms with Crippen molar-refractivity contribution in [3.05, 3.63) is 18.2 Å². The Kier molecular flexibility index (Phi) is 5.11. The van der Waals surface area contributed by atoms with Gasteiger partial charge in [-0.1, -0.05) is 0 Å². The van der Waals surface area contributed by atoms with E-state index in [1.54, 1.807) is 19.2 Å². The summed E-state index contributed by atoms with van der Waals surface area (Å²) in [6.07, 6.45) is 0. The average Bonchev–Trinajstić information content (AvgIpc) is 2.29. The molecule has 0 heterocycles. The number of anilines is 1. The van der Waals surface area contributed by atoms with Crippen molar-refractivity contribution in [3.8, 4) is 5.75 Å². The Bertz CT molecular complexity index is 455. The smallest absolute Gasteiger partial charge is 0.233 e. The monoisotopic (exact) mass is 282 g/mol. The standard InChI is InChI=1S/C14H22N2O2S/c1-9(13(17)16-14(2,3)4)19-12-8-10(18-5)6-7-11(12)15/h6-9H,15H2,1-5H3,(H,16,17). The van der Waals surface area contributed by atoms with Crippen LogP contribution in [0.1, 0.15) is 27.7 Å². The van der Waals surface area contributed by atoms with Crippen LogP contribution in [0.3, 0.4) is 0 Å². The van der Waals surface area contributed by atoms with Crippen LogP contribution in [0.4, 0.5) is 5.69 Å². The van der Waals surface area contributed by atoms with Crippen molar-refractivity contribution in [2.24, 2.45) is 0 Å². The van der Waals surface area contributed by atoms with Crippen LogP contribution in [0, 0.1) is 0 Å². The van der Waals surface area contributed by atoms with Crippen LogP contribution in [0.15, 0.2) is 23.1 Å². The molecule has 0 aromatic heterocycles. The van der Waals surface area contributed by atoms with E-state index in [0.717, 1.165) is 10.6 Å². The summed E-state index contributed by atoms with van der Waals surface area (Å²) in [6.45, 7) is 7.75. The van der Waals surface area contributed by atoms with E-state index >= 15 is 0 Å². The number of rotatable bonds is 4. The van der Waals surface area contributed by atoms with E-state index in [-0.39, 0.29) is 16.7 Å². The van der Waals surface area contributed by atoms with Crippen molar-refractivity contribution in [2.45, 2.75) is 43.4 Å². The van der Waals surface area contributed by atoms with Crippen molar-refractivity contribution >= 4 is 23.4 Å². The van der Waals surface area contributed by atoms with Gasteiger partial charge in [-0.05, 0) is 45.9 Å². The molecule has 1 aromatic rings. The number of carbonyl (C=O) groups excluding carboxylic acids is 1. The number of methoxy groups -OCH3 is 1. The maximum absolute atomic E-state index is 12.0. The third kappa shape index (κ3) is 5.03. The lowest BCUT2D eigenvalue weighted by molar-refractivity contribution is -0.121. The summed E-state index contributed by atoms with van der Waals surface area (Å²) in [5, 5.41) is 2.74. The molecule has 106 valence electrons. The van der Waals surface area contributed by atoms with Crippen LogP contribution in [0.25, 0.3) is 0 Å². The van der Waals surface area contributed by atoms with E-state index in [1.165, 1.54) is 11.8 Å². The van der Waals surface area contributed by atoms with E-state index in [1.807, 2.05) is 33.8 Å². The van der Waals surface area contributed by atoms with Crippen LogP contribution in [0.5, 0.6) is 5.75 Å². The molecule has 19 heavy (non-hydrogen) atoms. The van der Waals surface area contributed by atoms with E-state index < -0.39 is 0 Å². The van der Waals surface area contributed by atoms with Crippen LogP contribution in [0.2, 0.25) is 0 Å². The molecule has 0 saturated carbocycles. The Labute approximate surface area is 119 Å². The maximum atomic E-state index is 12.0. The predicted molar refractivity (Wildman–Crippen MR) is 80.6 cm³/mol. The van der Waals surface area contributed by atoms with Gasteiger partial charge in [0, 0.05) is 16.1 Å². The number of nitrogen functional groups attached to an aromatic ring is 1. The van der Waals surface area contributed by atoms with E-state index in [9.17, 15) is 4.79 Å². The Morgan fingerprint density at radius 1 is 1.42 bits per heavy atom. The first-order valence-electron chi connectivity index (χ1n) is 6.15. The van der Waals surface area contributed by atoms with Gasteiger partial charge in [0.1, 0.15) is 5.75 Å². The third-order valence-electron chi connectivity index (χ3n) is 2.39. The molecule has 0 bridgehead atoms. The quantitative estimate of drug-likeness (QED) is 0.658. The van der Waals surface area contributed by atoms with Crippen molar-refractivity contribution in [1.82, 2.24) is 5.32 Å². The number of ether oxygens (including phenoxy) is 1. The molecule has 0 spiro atoms. The lowest BCUT2D eigenvalue weighted by atomic mass is 10.1.